The van der Waals surface area contributed by atoms with E-state index in [0.29, 0.717) is 5.75 Å². The molecule has 4 nitrogen and oxygen atoms in total. The van der Waals surface area contributed by atoms with E-state index in [-0.39, 0.29) is 6.61 Å². The van der Waals surface area contributed by atoms with Gasteiger partial charge in [0, 0.05) is 11.3 Å². The molecule has 0 aliphatic heterocycles. The van der Waals surface area contributed by atoms with Crippen molar-refractivity contribution >= 4 is 23.1 Å². The molecule has 0 bridgehead atoms. The fourth-order valence-electron chi connectivity index (χ4n) is 2.37. The number of thiazole rings is 1. The summed E-state index contributed by atoms with van der Waals surface area (Å²) >= 11 is 3.12. The molecule has 0 amide bonds. The van der Waals surface area contributed by atoms with Crippen LogP contribution in [0.1, 0.15) is 0 Å². The van der Waals surface area contributed by atoms with Gasteiger partial charge in [-0.1, -0.05) is 11.8 Å². The molecule has 25 heavy (non-hydrogen) atoms. The maximum absolute atomic E-state index is 10.8. The number of methoxy groups -OCH3 is 2. The molecule has 0 fully saturated rings. The summed E-state index contributed by atoms with van der Waals surface area (Å²) in [4.78, 5) is 5.85. The van der Waals surface area contributed by atoms with Gasteiger partial charge in [-0.15, -0.1) is 11.3 Å². The average molecular weight is 372 g/mol. The van der Waals surface area contributed by atoms with Crippen molar-refractivity contribution in [2.45, 2.75) is 4.34 Å². The van der Waals surface area contributed by atoms with E-state index in [0.717, 1.165) is 37.5 Å². The van der Waals surface area contributed by atoms with Crippen molar-refractivity contribution in [1.82, 2.24) is 4.98 Å². The SMILES string of the molecule is COc1ccc(-c2nc(SCC[O])sc2-c2ccc(OC)cc2)cc1. The van der Waals surface area contributed by atoms with Crippen LogP contribution >= 0.6 is 23.1 Å². The Morgan fingerprint density at radius 1 is 0.920 bits per heavy atom. The number of aromatic nitrogens is 1. The van der Waals surface area contributed by atoms with Crippen LogP contribution in [-0.4, -0.2) is 31.6 Å². The summed E-state index contributed by atoms with van der Waals surface area (Å²) in [6.07, 6.45) is 0. The summed E-state index contributed by atoms with van der Waals surface area (Å²) in [6, 6.07) is 15.8. The highest BCUT2D eigenvalue weighted by molar-refractivity contribution is 8.01. The summed E-state index contributed by atoms with van der Waals surface area (Å²) < 4.78 is 11.4. The third-order valence-corrected chi connectivity index (χ3v) is 5.84. The molecule has 1 radical (unpaired) electrons. The van der Waals surface area contributed by atoms with E-state index in [1.165, 1.54) is 11.8 Å². The molecule has 0 aliphatic rings. The van der Waals surface area contributed by atoms with Gasteiger partial charge in [-0.05, 0) is 54.1 Å². The molecule has 0 saturated heterocycles. The van der Waals surface area contributed by atoms with Gasteiger partial charge in [-0.3, -0.25) is 0 Å². The Morgan fingerprint density at radius 2 is 1.48 bits per heavy atom. The Hall–Kier alpha value is -2.02. The molecule has 0 unspecified atom stereocenters. The second-order valence-corrected chi connectivity index (χ2v) is 7.51. The Labute approximate surface area is 155 Å². The number of rotatable bonds is 7. The second kappa shape index (κ2) is 8.38. The Kier molecular flexibility index (Phi) is 5.96. The fourth-order valence-corrected chi connectivity index (χ4v) is 4.35. The van der Waals surface area contributed by atoms with Gasteiger partial charge in [0.2, 0.25) is 0 Å². The number of benzene rings is 2. The summed E-state index contributed by atoms with van der Waals surface area (Å²) in [5.41, 5.74) is 3.03. The molecule has 1 aromatic heterocycles. The van der Waals surface area contributed by atoms with Crippen LogP contribution in [0, 0.1) is 0 Å². The summed E-state index contributed by atoms with van der Waals surface area (Å²) in [5, 5.41) is 10.8. The molecule has 0 aliphatic carbocycles. The van der Waals surface area contributed by atoms with E-state index in [1.807, 2.05) is 48.5 Å². The second-order valence-electron chi connectivity index (χ2n) is 5.17. The number of ether oxygens (including phenoxy) is 2. The first-order chi connectivity index (χ1) is 12.2. The van der Waals surface area contributed by atoms with Crippen LogP contribution in [0.2, 0.25) is 0 Å². The third-order valence-electron chi connectivity index (χ3n) is 3.63. The molecule has 0 N–H and O–H groups in total. The highest BCUT2D eigenvalue weighted by Crippen LogP contribution is 2.40. The van der Waals surface area contributed by atoms with Gasteiger partial charge in [0.15, 0.2) is 4.34 Å². The first kappa shape index (κ1) is 17.8. The smallest absolute Gasteiger partial charge is 0.151 e. The van der Waals surface area contributed by atoms with E-state index in [1.54, 1.807) is 25.6 Å². The lowest BCUT2D eigenvalue weighted by molar-refractivity contribution is 0.215. The molecule has 2 aromatic carbocycles. The molecule has 3 aromatic rings. The van der Waals surface area contributed by atoms with Gasteiger partial charge >= 0.3 is 0 Å². The van der Waals surface area contributed by atoms with Crippen molar-refractivity contribution in [3.8, 4) is 33.2 Å². The maximum atomic E-state index is 10.8. The van der Waals surface area contributed by atoms with Gasteiger partial charge in [0.25, 0.3) is 0 Å². The number of nitrogens with zero attached hydrogens (tertiary/aromatic N) is 1. The maximum Gasteiger partial charge on any atom is 0.151 e. The molecular formula is C19H18NO3S2. The van der Waals surface area contributed by atoms with Crippen LogP contribution in [0.15, 0.2) is 52.9 Å². The van der Waals surface area contributed by atoms with E-state index in [2.05, 4.69) is 0 Å². The van der Waals surface area contributed by atoms with Crippen LogP contribution in [0.25, 0.3) is 21.7 Å². The highest BCUT2D eigenvalue weighted by Gasteiger charge is 2.15. The summed E-state index contributed by atoms with van der Waals surface area (Å²) in [5.74, 6) is 2.16. The largest absolute Gasteiger partial charge is 0.497 e. The molecule has 0 saturated carbocycles. The average Bonchev–Trinajstić information content (AvgIpc) is 3.10. The lowest BCUT2D eigenvalue weighted by atomic mass is 10.1. The van der Waals surface area contributed by atoms with Crippen molar-refractivity contribution in [3.63, 3.8) is 0 Å². The van der Waals surface area contributed by atoms with Gasteiger partial charge in [-0.25, -0.2) is 10.1 Å². The molecular weight excluding hydrogens is 354 g/mol. The van der Waals surface area contributed by atoms with Gasteiger partial charge in [-0.2, -0.15) is 0 Å². The van der Waals surface area contributed by atoms with Gasteiger partial charge in [0.1, 0.15) is 11.5 Å². The highest BCUT2D eigenvalue weighted by atomic mass is 32.2. The molecule has 0 atom stereocenters. The zero-order valence-corrected chi connectivity index (χ0v) is 15.7. The van der Waals surface area contributed by atoms with Crippen LogP contribution in [0.4, 0.5) is 0 Å². The number of hydrogen-bond donors (Lipinski definition) is 0. The molecule has 3 rings (SSSR count). The normalized spacial score (nSPS) is 10.7. The zero-order chi connectivity index (χ0) is 17.6. The van der Waals surface area contributed by atoms with Gasteiger partial charge < -0.3 is 9.47 Å². The van der Waals surface area contributed by atoms with Crippen LogP contribution in [0.3, 0.4) is 0 Å². The van der Waals surface area contributed by atoms with Crippen molar-refractivity contribution in [2.24, 2.45) is 0 Å². The summed E-state index contributed by atoms with van der Waals surface area (Å²) in [6.45, 7) is -0.111. The lowest BCUT2D eigenvalue weighted by Crippen LogP contribution is -1.86. The van der Waals surface area contributed by atoms with Crippen molar-refractivity contribution in [1.29, 1.82) is 0 Å². The minimum atomic E-state index is -0.111. The van der Waals surface area contributed by atoms with Crippen LogP contribution in [-0.2, 0) is 5.11 Å². The Bertz CT molecular complexity index is 749. The van der Waals surface area contributed by atoms with E-state index < -0.39 is 0 Å². The predicted molar refractivity (Wildman–Crippen MR) is 102 cm³/mol. The quantitative estimate of drug-likeness (QED) is 0.547. The van der Waals surface area contributed by atoms with Crippen molar-refractivity contribution < 1.29 is 14.6 Å². The van der Waals surface area contributed by atoms with Crippen molar-refractivity contribution in [2.75, 3.05) is 26.6 Å². The predicted octanol–water partition coefficient (Wildman–Crippen LogP) is 5.02. The fraction of sp³-hybridized carbons (Fsp3) is 0.211. The minimum absolute atomic E-state index is 0.111. The Balaban J connectivity index is 2.02. The van der Waals surface area contributed by atoms with Crippen molar-refractivity contribution in [3.05, 3.63) is 48.5 Å². The lowest BCUT2D eigenvalue weighted by Gasteiger charge is -2.05. The molecule has 0 spiro atoms. The Morgan fingerprint density at radius 3 is 2.00 bits per heavy atom. The first-order valence-electron chi connectivity index (χ1n) is 7.75. The zero-order valence-electron chi connectivity index (χ0n) is 14.0. The van der Waals surface area contributed by atoms with E-state index >= 15 is 0 Å². The van der Waals surface area contributed by atoms with E-state index in [4.69, 9.17) is 14.5 Å². The molecule has 1 heterocycles. The summed E-state index contributed by atoms with van der Waals surface area (Å²) in [7, 11) is 3.31. The molecule has 6 heteroatoms. The van der Waals surface area contributed by atoms with Gasteiger partial charge in [0.05, 0.1) is 31.4 Å². The first-order valence-corrected chi connectivity index (χ1v) is 9.56. The van der Waals surface area contributed by atoms with Crippen LogP contribution in [0.5, 0.6) is 11.5 Å². The topological polar surface area (TPSA) is 51.2 Å². The number of hydrogen-bond acceptors (Lipinski definition) is 5. The van der Waals surface area contributed by atoms with Crippen LogP contribution < -0.4 is 9.47 Å². The monoisotopic (exact) mass is 372 g/mol. The standard InChI is InChI=1S/C19H18NO3S2/c1-22-15-7-3-13(4-8-15)17-18(25-19(20-17)24-12-11-21)14-5-9-16(23-2)10-6-14/h3-10H,11-12H2,1-2H3. The van der Waals surface area contributed by atoms with E-state index in [9.17, 15) is 5.11 Å². The molecule has 129 valence electrons. The number of thioether (sulfide) groups is 1. The third kappa shape index (κ3) is 4.15. The minimum Gasteiger partial charge on any atom is -0.497 e.